The Balaban J connectivity index is 2.07. The molecule has 1 aliphatic rings. The number of rotatable bonds is 8. The van der Waals surface area contributed by atoms with Crippen molar-refractivity contribution in [2.24, 2.45) is 0 Å². The molecule has 0 spiro atoms. The molecule has 1 unspecified atom stereocenters. The Hall–Kier alpha value is -4.66. The largest absolute Gasteiger partial charge is 0.507 e. The zero-order chi connectivity index (χ0) is 27.6. The van der Waals surface area contributed by atoms with Gasteiger partial charge in [0.2, 0.25) is 5.75 Å². The number of aliphatic hydroxyl groups is 1. The molecule has 0 saturated carbocycles. The van der Waals surface area contributed by atoms with Crippen molar-refractivity contribution in [3.8, 4) is 28.7 Å². The molecule has 1 amide bonds. The van der Waals surface area contributed by atoms with Crippen molar-refractivity contribution >= 4 is 23.1 Å². The van der Waals surface area contributed by atoms with E-state index >= 15 is 0 Å². The lowest BCUT2D eigenvalue weighted by molar-refractivity contribution is -0.132. The van der Waals surface area contributed by atoms with Gasteiger partial charge in [-0.05, 0) is 54.4 Å². The van der Waals surface area contributed by atoms with Gasteiger partial charge in [0.15, 0.2) is 11.5 Å². The zero-order valence-electron chi connectivity index (χ0n) is 22.0. The van der Waals surface area contributed by atoms with Crippen LogP contribution in [0.3, 0.4) is 0 Å². The standard InChI is InChI=1S/C29H29NO8/c1-16-9-7-8-10-20(16)30-25(17-13-22(36-4)28(38-6)23(14-17)37-5)24(27(32)29(30)33)26(31)19-15-18(34-2)11-12-21(19)35-3/h7-15,25,31H,1-6H3/b26-24+. The van der Waals surface area contributed by atoms with Crippen molar-refractivity contribution in [1.29, 1.82) is 0 Å². The van der Waals surface area contributed by atoms with E-state index in [1.165, 1.54) is 40.4 Å². The summed E-state index contributed by atoms with van der Waals surface area (Å²) in [4.78, 5) is 28.6. The van der Waals surface area contributed by atoms with E-state index in [-0.39, 0.29) is 11.1 Å². The van der Waals surface area contributed by atoms with Gasteiger partial charge in [-0.15, -0.1) is 0 Å². The highest BCUT2D eigenvalue weighted by Crippen LogP contribution is 2.48. The molecule has 3 aromatic rings. The molecule has 198 valence electrons. The lowest BCUT2D eigenvalue weighted by atomic mass is 9.94. The SMILES string of the molecule is COc1ccc(OC)c(/C(O)=C2\C(=O)C(=O)N(c3ccccc3C)C2c2cc(OC)c(OC)c(OC)c2)c1. The Bertz CT molecular complexity index is 1400. The van der Waals surface area contributed by atoms with Crippen molar-refractivity contribution in [2.45, 2.75) is 13.0 Å². The summed E-state index contributed by atoms with van der Waals surface area (Å²) in [6.07, 6.45) is 0. The molecule has 9 nitrogen and oxygen atoms in total. The summed E-state index contributed by atoms with van der Waals surface area (Å²) in [7, 11) is 7.36. The number of para-hydroxylation sites is 1. The first-order valence-corrected chi connectivity index (χ1v) is 11.7. The molecule has 1 aliphatic heterocycles. The first-order valence-electron chi connectivity index (χ1n) is 11.7. The second-order valence-corrected chi connectivity index (χ2v) is 8.48. The van der Waals surface area contributed by atoms with Gasteiger partial charge in [0, 0.05) is 5.69 Å². The molecule has 0 aliphatic carbocycles. The number of hydrogen-bond donors (Lipinski definition) is 1. The van der Waals surface area contributed by atoms with Crippen LogP contribution < -0.4 is 28.6 Å². The monoisotopic (exact) mass is 519 g/mol. The number of carbonyl (C=O) groups excluding carboxylic acids is 2. The number of ketones is 1. The topological polar surface area (TPSA) is 104 Å². The number of aliphatic hydroxyl groups excluding tert-OH is 1. The van der Waals surface area contributed by atoms with Gasteiger partial charge in [0.1, 0.15) is 17.3 Å². The highest BCUT2D eigenvalue weighted by molar-refractivity contribution is 6.51. The van der Waals surface area contributed by atoms with Crippen LogP contribution >= 0.6 is 0 Å². The molecule has 1 N–H and O–H groups in total. The number of amides is 1. The van der Waals surface area contributed by atoms with Gasteiger partial charge in [-0.2, -0.15) is 0 Å². The number of carbonyl (C=O) groups is 2. The van der Waals surface area contributed by atoms with Crippen molar-refractivity contribution < 1.29 is 38.4 Å². The first-order chi connectivity index (χ1) is 18.3. The second kappa shape index (κ2) is 10.8. The van der Waals surface area contributed by atoms with Gasteiger partial charge in [-0.1, -0.05) is 18.2 Å². The maximum Gasteiger partial charge on any atom is 0.300 e. The quantitative estimate of drug-likeness (QED) is 0.260. The van der Waals surface area contributed by atoms with E-state index in [2.05, 4.69) is 0 Å². The van der Waals surface area contributed by atoms with Crippen molar-refractivity contribution in [2.75, 3.05) is 40.4 Å². The molecule has 4 rings (SSSR count). The molecule has 1 atom stereocenters. The molecule has 1 saturated heterocycles. The summed E-state index contributed by atoms with van der Waals surface area (Å²) in [6, 6.07) is 14.3. The van der Waals surface area contributed by atoms with Gasteiger partial charge in [0.25, 0.3) is 11.7 Å². The van der Waals surface area contributed by atoms with E-state index in [0.717, 1.165) is 5.56 Å². The third-order valence-electron chi connectivity index (χ3n) is 6.48. The van der Waals surface area contributed by atoms with Crippen LogP contribution in [0.25, 0.3) is 5.76 Å². The van der Waals surface area contributed by atoms with Gasteiger partial charge >= 0.3 is 0 Å². The molecule has 0 bridgehead atoms. The molecule has 38 heavy (non-hydrogen) atoms. The average Bonchev–Trinajstić information content (AvgIpc) is 3.21. The Morgan fingerprint density at radius 1 is 0.789 bits per heavy atom. The Morgan fingerprint density at radius 3 is 1.97 bits per heavy atom. The van der Waals surface area contributed by atoms with E-state index in [4.69, 9.17) is 23.7 Å². The van der Waals surface area contributed by atoms with E-state index in [9.17, 15) is 14.7 Å². The number of aryl methyl sites for hydroxylation is 1. The molecule has 0 aromatic heterocycles. The third kappa shape index (κ3) is 4.36. The third-order valence-corrected chi connectivity index (χ3v) is 6.48. The van der Waals surface area contributed by atoms with Crippen molar-refractivity contribution in [3.63, 3.8) is 0 Å². The van der Waals surface area contributed by atoms with Crippen LogP contribution in [0.5, 0.6) is 28.7 Å². The number of ether oxygens (including phenoxy) is 5. The summed E-state index contributed by atoms with van der Waals surface area (Å²) in [5, 5.41) is 11.6. The lowest BCUT2D eigenvalue weighted by Crippen LogP contribution is -2.30. The summed E-state index contributed by atoms with van der Waals surface area (Å²) in [5.41, 5.74) is 1.83. The molecule has 1 heterocycles. The summed E-state index contributed by atoms with van der Waals surface area (Å²) < 4.78 is 27.3. The molecular formula is C29H29NO8. The average molecular weight is 520 g/mol. The first kappa shape index (κ1) is 26.4. The maximum atomic E-state index is 13.6. The van der Waals surface area contributed by atoms with Crippen LogP contribution in [0.15, 0.2) is 60.2 Å². The van der Waals surface area contributed by atoms with Crippen molar-refractivity contribution in [1.82, 2.24) is 0 Å². The number of benzene rings is 3. The van der Waals surface area contributed by atoms with Gasteiger partial charge < -0.3 is 28.8 Å². The number of hydrogen-bond acceptors (Lipinski definition) is 8. The van der Waals surface area contributed by atoms with Crippen LogP contribution in [0, 0.1) is 6.92 Å². The summed E-state index contributed by atoms with van der Waals surface area (Å²) in [5.74, 6) is -0.308. The number of Topliss-reactive ketones (excluding diaryl/α,β-unsaturated/α-hetero) is 1. The minimum Gasteiger partial charge on any atom is -0.507 e. The van der Waals surface area contributed by atoms with Crippen LogP contribution in [0.2, 0.25) is 0 Å². The Morgan fingerprint density at radius 2 is 1.42 bits per heavy atom. The van der Waals surface area contributed by atoms with Gasteiger partial charge in [-0.3, -0.25) is 14.5 Å². The highest BCUT2D eigenvalue weighted by Gasteiger charge is 2.48. The fourth-order valence-electron chi connectivity index (χ4n) is 4.63. The highest BCUT2D eigenvalue weighted by atomic mass is 16.5. The summed E-state index contributed by atoms with van der Waals surface area (Å²) >= 11 is 0. The molecule has 0 radical (unpaired) electrons. The van der Waals surface area contributed by atoms with E-state index in [1.807, 2.05) is 19.1 Å². The van der Waals surface area contributed by atoms with Crippen LogP contribution in [-0.4, -0.2) is 52.3 Å². The Labute approximate surface area is 220 Å². The van der Waals surface area contributed by atoms with E-state index in [1.54, 1.807) is 42.5 Å². The van der Waals surface area contributed by atoms with Crippen molar-refractivity contribution in [3.05, 3.63) is 76.9 Å². The van der Waals surface area contributed by atoms with E-state index in [0.29, 0.717) is 40.0 Å². The van der Waals surface area contributed by atoms with Gasteiger partial charge in [0.05, 0.1) is 52.7 Å². The van der Waals surface area contributed by atoms with Crippen LogP contribution in [0.4, 0.5) is 5.69 Å². The minimum atomic E-state index is -1.03. The fourth-order valence-corrected chi connectivity index (χ4v) is 4.63. The molecular weight excluding hydrogens is 490 g/mol. The number of anilines is 1. The van der Waals surface area contributed by atoms with Gasteiger partial charge in [-0.25, -0.2) is 0 Å². The normalized spacial score (nSPS) is 16.4. The maximum absolute atomic E-state index is 13.6. The summed E-state index contributed by atoms with van der Waals surface area (Å²) in [6.45, 7) is 1.84. The van der Waals surface area contributed by atoms with Crippen LogP contribution in [0.1, 0.15) is 22.7 Å². The number of nitrogens with zero attached hydrogens (tertiary/aromatic N) is 1. The Kier molecular flexibility index (Phi) is 7.47. The minimum absolute atomic E-state index is 0.126. The van der Waals surface area contributed by atoms with Crippen LogP contribution in [-0.2, 0) is 9.59 Å². The van der Waals surface area contributed by atoms with E-state index < -0.39 is 23.5 Å². The molecule has 3 aromatic carbocycles. The smallest absolute Gasteiger partial charge is 0.300 e. The predicted octanol–water partition coefficient (Wildman–Crippen LogP) is 4.66. The fraction of sp³-hybridized carbons (Fsp3) is 0.241. The zero-order valence-corrected chi connectivity index (χ0v) is 22.0. The number of methoxy groups -OCH3 is 5. The lowest BCUT2D eigenvalue weighted by Gasteiger charge is -2.28. The molecule has 1 fully saturated rings. The molecule has 9 heteroatoms. The second-order valence-electron chi connectivity index (χ2n) is 8.48. The predicted molar refractivity (Wildman–Crippen MR) is 142 cm³/mol.